The van der Waals surface area contributed by atoms with Crippen molar-refractivity contribution in [3.8, 4) is 0 Å². The summed E-state index contributed by atoms with van der Waals surface area (Å²) in [5.41, 5.74) is 5.67. The number of hydrogen-bond acceptors (Lipinski definition) is 2. The fourth-order valence-corrected chi connectivity index (χ4v) is 2.86. The smallest absolute Gasteiger partial charge is 0.0743 e. The van der Waals surface area contributed by atoms with Crippen molar-refractivity contribution in [2.24, 2.45) is 5.73 Å². The Morgan fingerprint density at radius 3 is 2.73 bits per heavy atom. The Bertz CT molecular complexity index is 206. The maximum absolute atomic E-state index is 5.67. The minimum atomic E-state index is 0.577. The van der Waals surface area contributed by atoms with E-state index in [1.807, 2.05) is 0 Å². The molecule has 2 N–H and O–H groups in total. The standard InChI is InChI=1S/C12H24N2S/c1-3-10-7-5-6-8-14(10)11(4-2)9-12(13)15/h10-11H,3-9H2,1-2H3,(H2,13,15). The molecule has 0 amide bonds. The monoisotopic (exact) mass is 228 g/mol. The normalized spacial score (nSPS) is 25.1. The molecule has 0 aromatic heterocycles. The Hall–Kier alpha value is -0.150. The van der Waals surface area contributed by atoms with Crippen LogP contribution in [-0.4, -0.2) is 28.5 Å². The molecule has 88 valence electrons. The van der Waals surface area contributed by atoms with Crippen molar-refractivity contribution >= 4 is 17.2 Å². The van der Waals surface area contributed by atoms with Gasteiger partial charge in [0.05, 0.1) is 4.99 Å². The first-order chi connectivity index (χ1) is 7.19. The highest BCUT2D eigenvalue weighted by molar-refractivity contribution is 7.80. The summed E-state index contributed by atoms with van der Waals surface area (Å²) in [5, 5.41) is 0. The minimum absolute atomic E-state index is 0.577. The first-order valence-corrected chi connectivity index (χ1v) is 6.63. The summed E-state index contributed by atoms with van der Waals surface area (Å²) in [7, 11) is 0. The van der Waals surface area contributed by atoms with Crippen molar-refractivity contribution < 1.29 is 0 Å². The highest BCUT2D eigenvalue weighted by Gasteiger charge is 2.26. The average Bonchev–Trinajstić information content (AvgIpc) is 2.25. The molecule has 1 fully saturated rings. The van der Waals surface area contributed by atoms with Gasteiger partial charge < -0.3 is 5.73 Å². The third kappa shape index (κ3) is 3.72. The minimum Gasteiger partial charge on any atom is -0.393 e. The van der Waals surface area contributed by atoms with Crippen LogP contribution >= 0.6 is 12.2 Å². The number of hydrogen-bond donors (Lipinski definition) is 1. The SMILES string of the molecule is CCC1CCCCN1C(CC)CC(N)=S. The summed E-state index contributed by atoms with van der Waals surface area (Å²) < 4.78 is 0. The molecule has 0 aromatic carbocycles. The van der Waals surface area contributed by atoms with Gasteiger partial charge in [-0.05, 0) is 32.2 Å². The van der Waals surface area contributed by atoms with E-state index < -0.39 is 0 Å². The number of rotatable bonds is 5. The number of nitrogens with zero attached hydrogens (tertiary/aromatic N) is 1. The average molecular weight is 228 g/mol. The van der Waals surface area contributed by atoms with Gasteiger partial charge in [-0.15, -0.1) is 0 Å². The molecule has 0 aromatic rings. The Morgan fingerprint density at radius 2 is 2.20 bits per heavy atom. The van der Waals surface area contributed by atoms with Crippen LogP contribution in [0.4, 0.5) is 0 Å². The Labute approximate surface area is 99.2 Å². The molecule has 2 unspecified atom stereocenters. The zero-order valence-electron chi connectivity index (χ0n) is 10.0. The van der Waals surface area contributed by atoms with Crippen LogP contribution in [0.5, 0.6) is 0 Å². The lowest BCUT2D eigenvalue weighted by Crippen LogP contribution is -2.47. The van der Waals surface area contributed by atoms with E-state index in [1.54, 1.807) is 0 Å². The number of thiocarbonyl (C=S) groups is 1. The molecule has 0 spiro atoms. The molecule has 3 heteroatoms. The van der Waals surface area contributed by atoms with E-state index in [-0.39, 0.29) is 0 Å². The summed E-state index contributed by atoms with van der Waals surface area (Å²) in [6.07, 6.45) is 7.39. The zero-order chi connectivity index (χ0) is 11.3. The lowest BCUT2D eigenvalue weighted by molar-refractivity contribution is 0.0924. The molecule has 2 nitrogen and oxygen atoms in total. The van der Waals surface area contributed by atoms with Crippen LogP contribution in [0.2, 0.25) is 0 Å². The second-order valence-electron chi connectivity index (χ2n) is 4.53. The van der Waals surface area contributed by atoms with Crippen LogP contribution in [0.3, 0.4) is 0 Å². The van der Waals surface area contributed by atoms with Crippen LogP contribution in [0.15, 0.2) is 0 Å². The van der Waals surface area contributed by atoms with Crippen LogP contribution in [0.1, 0.15) is 52.4 Å². The molecule has 0 bridgehead atoms. The van der Waals surface area contributed by atoms with Crippen LogP contribution in [0.25, 0.3) is 0 Å². The largest absolute Gasteiger partial charge is 0.393 e. The van der Waals surface area contributed by atoms with Gasteiger partial charge >= 0.3 is 0 Å². The number of piperidine rings is 1. The van der Waals surface area contributed by atoms with E-state index in [9.17, 15) is 0 Å². The van der Waals surface area contributed by atoms with Crippen molar-refractivity contribution in [1.82, 2.24) is 4.90 Å². The highest BCUT2D eigenvalue weighted by atomic mass is 32.1. The predicted molar refractivity (Wildman–Crippen MR) is 70.1 cm³/mol. The Balaban J connectivity index is 2.58. The van der Waals surface area contributed by atoms with E-state index in [2.05, 4.69) is 18.7 Å². The van der Waals surface area contributed by atoms with Crippen molar-refractivity contribution in [3.05, 3.63) is 0 Å². The molecule has 1 heterocycles. The van der Waals surface area contributed by atoms with E-state index in [0.717, 1.165) is 18.9 Å². The van der Waals surface area contributed by atoms with Crippen molar-refractivity contribution in [1.29, 1.82) is 0 Å². The molecule has 1 rings (SSSR count). The predicted octanol–water partition coefficient (Wildman–Crippen LogP) is 2.71. The van der Waals surface area contributed by atoms with Crippen LogP contribution in [0, 0.1) is 0 Å². The van der Waals surface area contributed by atoms with Gasteiger partial charge in [-0.2, -0.15) is 0 Å². The summed E-state index contributed by atoms with van der Waals surface area (Å²) in [4.78, 5) is 3.31. The molecular weight excluding hydrogens is 204 g/mol. The zero-order valence-corrected chi connectivity index (χ0v) is 10.9. The van der Waals surface area contributed by atoms with Gasteiger partial charge in [0.15, 0.2) is 0 Å². The third-order valence-corrected chi connectivity index (χ3v) is 3.69. The third-order valence-electron chi connectivity index (χ3n) is 3.52. The van der Waals surface area contributed by atoms with Crippen LogP contribution in [-0.2, 0) is 0 Å². The summed E-state index contributed by atoms with van der Waals surface area (Å²) in [6.45, 7) is 5.76. The lowest BCUT2D eigenvalue weighted by Gasteiger charge is -2.40. The topological polar surface area (TPSA) is 29.3 Å². The maximum atomic E-state index is 5.67. The van der Waals surface area contributed by atoms with E-state index in [4.69, 9.17) is 18.0 Å². The highest BCUT2D eigenvalue weighted by Crippen LogP contribution is 2.24. The van der Waals surface area contributed by atoms with Gasteiger partial charge in [0.1, 0.15) is 0 Å². The molecule has 15 heavy (non-hydrogen) atoms. The Morgan fingerprint density at radius 1 is 1.47 bits per heavy atom. The molecule has 1 saturated heterocycles. The van der Waals surface area contributed by atoms with Crippen LogP contribution < -0.4 is 5.73 Å². The van der Waals surface area contributed by atoms with Gasteiger partial charge in [-0.25, -0.2) is 0 Å². The second-order valence-corrected chi connectivity index (χ2v) is 5.05. The van der Waals surface area contributed by atoms with Gasteiger partial charge in [0, 0.05) is 18.5 Å². The number of nitrogens with two attached hydrogens (primary N) is 1. The maximum Gasteiger partial charge on any atom is 0.0743 e. The molecule has 0 radical (unpaired) electrons. The molecule has 0 aliphatic carbocycles. The summed E-state index contributed by atoms with van der Waals surface area (Å²) in [5.74, 6) is 0. The van der Waals surface area contributed by atoms with Gasteiger partial charge in [-0.1, -0.05) is 32.5 Å². The quantitative estimate of drug-likeness (QED) is 0.734. The summed E-state index contributed by atoms with van der Waals surface area (Å²) in [6, 6.07) is 1.34. The number of likely N-dealkylation sites (tertiary alicyclic amines) is 1. The fraction of sp³-hybridized carbons (Fsp3) is 0.917. The first kappa shape index (κ1) is 12.9. The van der Waals surface area contributed by atoms with E-state index in [1.165, 1.54) is 32.2 Å². The molecule has 1 aliphatic heterocycles. The van der Waals surface area contributed by atoms with Crippen molar-refractivity contribution in [2.45, 2.75) is 64.5 Å². The summed E-state index contributed by atoms with van der Waals surface area (Å²) >= 11 is 5.03. The molecule has 2 atom stereocenters. The first-order valence-electron chi connectivity index (χ1n) is 6.23. The van der Waals surface area contributed by atoms with Crippen molar-refractivity contribution in [2.75, 3.05) is 6.54 Å². The molecular formula is C12H24N2S. The van der Waals surface area contributed by atoms with E-state index in [0.29, 0.717) is 11.0 Å². The van der Waals surface area contributed by atoms with Gasteiger partial charge in [0.25, 0.3) is 0 Å². The second kappa shape index (κ2) is 6.44. The van der Waals surface area contributed by atoms with Crippen molar-refractivity contribution in [3.63, 3.8) is 0 Å². The van der Waals surface area contributed by atoms with Gasteiger partial charge in [0.2, 0.25) is 0 Å². The van der Waals surface area contributed by atoms with E-state index >= 15 is 0 Å². The van der Waals surface area contributed by atoms with Gasteiger partial charge in [-0.3, -0.25) is 4.90 Å². The lowest BCUT2D eigenvalue weighted by atomic mass is 9.96. The Kier molecular flexibility index (Phi) is 5.54. The molecule has 1 aliphatic rings. The fourth-order valence-electron chi connectivity index (χ4n) is 2.67. The molecule has 0 saturated carbocycles.